The summed E-state index contributed by atoms with van der Waals surface area (Å²) in [5.41, 5.74) is 1.35. The van der Waals surface area contributed by atoms with E-state index in [2.05, 4.69) is 51.2 Å². The molecule has 0 heteroatoms. The first-order valence-corrected chi connectivity index (χ1v) is 4.81. The SMILES string of the molecule is CC/C=C(C)/C=C\C=C/CCC. The number of rotatable bonds is 5. The Kier molecular flexibility index (Phi) is 7.78. The minimum Gasteiger partial charge on any atom is -0.0845 e. The fraction of sp³-hybridized carbons (Fsp3) is 0.500. The van der Waals surface area contributed by atoms with Crippen LogP contribution >= 0.6 is 0 Å². The molecule has 0 spiro atoms. The van der Waals surface area contributed by atoms with Gasteiger partial charge >= 0.3 is 0 Å². The highest BCUT2D eigenvalue weighted by molar-refractivity contribution is 5.19. The summed E-state index contributed by atoms with van der Waals surface area (Å²) in [5.74, 6) is 0. The molecule has 0 nitrogen and oxygen atoms in total. The van der Waals surface area contributed by atoms with Crippen molar-refractivity contribution in [1.82, 2.24) is 0 Å². The van der Waals surface area contributed by atoms with Crippen LogP contribution in [0.25, 0.3) is 0 Å². The predicted octanol–water partition coefficient (Wildman–Crippen LogP) is 4.26. The second kappa shape index (κ2) is 8.32. The van der Waals surface area contributed by atoms with Crippen LogP contribution in [0, 0.1) is 0 Å². The van der Waals surface area contributed by atoms with E-state index in [9.17, 15) is 0 Å². The van der Waals surface area contributed by atoms with Crippen LogP contribution in [0.2, 0.25) is 0 Å². The Morgan fingerprint density at radius 3 is 2.50 bits per heavy atom. The van der Waals surface area contributed by atoms with Crippen molar-refractivity contribution >= 4 is 0 Å². The molecule has 0 bridgehead atoms. The number of unbranched alkanes of at least 4 members (excludes halogenated alkanes) is 1. The Morgan fingerprint density at radius 2 is 1.92 bits per heavy atom. The van der Waals surface area contributed by atoms with Crippen molar-refractivity contribution in [3.63, 3.8) is 0 Å². The van der Waals surface area contributed by atoms with Crippen LogP contribution in [0.1, 0.15) is 40.0 Å². The van der Waals surface area contributed by atoms with Gasteiger partial charge in [-0.3, -0.25) is 0 Å². The van der Waals surface area contributed by atoms with E-state index in [1.165, 1.54) is 18.4 Å². The van der Waals surface area contributed by atoms with E-state index in [1.807, 2.05) is 0 Å². The fourth-order valence-electron chi connectivity index (χ4n) is 0.939. The Balaban J connectivity index is 3.67. The van der Waals surface area contributed by atoms with Crippen molar-refractivity contribution in [2.75, 3.05) is 0 Å². The molecule has 0 heterocycles. The monoisotopic (exact) mass is 164 g/mol. The van der Waals surface area contributed by atoms with Crippen molar-refractivity contribution < 1.29 is 0 Å². The number of hydrogen-bond acceptors (Lipinski definition) is 0. The van der Waals surface area contributed by atoms with Gasteiger partial charge in [-0.2, -0.15) is 0 Å². The fourth-order valence-corrected chi connectivity index (χ4v) is 0.939. The first-order valence-electron chi connectivity index (χ1n) is 4.81. The van der Waals surface area contributed by atoms with E-state index in [1.54, 1.807) is 0 Å². The van der Waals surface area contributed by atoms with Gasteiger partial charge in [-0.1, -0.05) is 56.2 Å². The molecule has 0 saturated heterocycles. The summed E-state index contributed by atoms with van der Waals surface area (Å²) < 4.78 is 0. The summed E-state index contributed by atoms with van der Waals surface area (Å²) in [7, 11) is 0. The summed E-state index contributed by atoms with van der Waals surface area (Å²) in [4.78, 5) is 0. The van der Waals surface area contributed by atoms with Crippen LogP contribution in [0.5, 0.6) is 0 Å². The van der Waals surface area contributed by atoms with E-state index in [0.29, 0.717) is 0 Å². The van der Waals surface area contributed by atoms with Crippen LogP contribution in [0.15, 0.2) is 36.0 Å². The van der Waals surface area contributed by atoms with Crippen molar-refractivity contribution in [3.05, 3.63) is 36.0 Å². The Morgan fingerprint density at radius 1 is 1.17 bits per heavy atom. The van der Waals surface area contributed by atoms with Gasteiger partial charge in [0.05, 0.1) is 0 Å². The molecule has 0 unspecified atom stereocenters. The molecular weight excluding hydrogens is 144 g/mol. The molecule has 0 fully saturated rings. The number of allylic oxidation sites excluding steroid dienone is 6. The molecule has 0 aliphatic heterocycles. The highest BCUT2D eigenvalue weighted by Gasteiger charge is 1.76. The Bertz CT molecular complexity index is 170. The summed E-state index contributed by atoms with van der Waals surface area (Å²) in [6.45, 7) is 6.48. The normalized spacial score (nSPS) is 13.4. The third-order valence-corrected chi connectivity index (χ3v) is 1.59. The highest BCUT2D eigenvalue weighted by Crippen LogP contribution is 1.97. The van der Waals surface area contributed by atoms with Gasteiger partial charge in [0.25, 0.3) is 0 Å². The van der Waals surface area contributed by atoms with Gasteiger partial charge in [0, 0.05) is 0 Å². The maximum atomic E-state index is 2.23. The molecule has 0 rings (SSSR count). The second-order valence-electron chi connectivity index (χ2n) is 2.93. The minimum atomic E-state index is 1.12. The lowest BCUT2D eigenvalue weighted by Crippen LogP contribution is -1.66. The van der Waals surface area contributed by atoms with Crippen molar-refractivity contribution in [2.24, 2.45) is 0 Å². The van der Waals surface area contributed by atoms with Gasteiger partial charge < -0.3 is 0 Å². The van der Waals surface area contributed by atoms with Crippen molar-refractivity contribution in [3.8, 4) is 0 Å². The standard InChI is InChI=1S/C12H20/c1-4-6-7-8-9-11-12(3)10-5-2/h7-11H,4-6H2,1-3H3/b8-7-,11-9-,12-10+. The average molecular weight is 164 g/mol. The summed E-state index contributed by atoms with van der Waals surface area (Å²) >= 11 is 0. The smallest absolute Gasteiger partial charge is 0.0350 e. The predicted molar refractivity (Wildman–Crippen MR) is 57.2 cm³/mol. The maximum Gasteiger partial charge on any atom is -0.0350 e. The summed E-state index contributed by atoms with van der Waals surface area (Å²) in [5, 5.41) is 0. The molecule has 0 aliphatic carbocycles. The minimum absolute atomic E-state index is 1.12. The quantitative estimate of drug-likeness (QED) is 0.533. The molecular formula is C12H20. The van der Waals surface area contributed by atoms with Gasteiger partial charge in [-0.05, 0) is 19.8 Å². The third kappa shape index (κ3) is 7.33. The topological polar surface area (TPSA) is 0 Å². The van der Waals surface area contributed by atoms with Crippen LogP contribution in [-0.2, 0) is 0 Å². The second-order valence-corrected chi connectivity index (χ2v) is 2.93. The van der Waals surface area contributed by atoms with Crippen molar-refractivity contribution in [1.29, 1.82) is 0 Å². The molecule has 0 radical (unpaired) electrons. The zero-order valence-corrected chi connectivity index (χ0v) is 8.51. The van der Waals surface area contributed by atoms with Crippen molar-refractivity contribution in [2.45, 2.75) is 40.0 Å². The van der Waals surface area contributed by atoms with Crippen LogP contribution in [0.3, 0.4) is 0 Å². The summed E-state index contributed by atoms with van der Waals surface area (Å²) in [6, 6.07) is 0. The first-order chi connectivity index (χ1) is 5.81. The van der Waals surface area contributed by atoms with E-state index in [4.69, 9.17) is 0 Å². The molecule has 12 heavy (non-hydrogen) atoms. The third-order valence-electron chi connectivity index (χ3n) is 1.59. The van der Waals surface area contributed by atoms with Crippen LogP contribution in [0.4, 0.5) is 0 Å². The lowest BCUT2D eigenvalue weighted by Gasteiger charge is -1.87. The Hall–Kier alpha value is -0.780. The van der Waals surface area contributed by atoms with Gasteiger partial charge in [0.15, 0.2) is 0 Å². The maximum absolute atomic E-state index is 2.23. The van der Waals surface area contributed by atoms with E-state index in [0.717, 1.165) is 6.42 Å². The van der Waals surface area contributed by atoms with Crippen LogP contribution in [-0.4, -0.2) is 0 Å². The van der Waals surface area contributed by atoms with Gasteiger partial charge in [-0.15, -0.1) is 0 Å². The first kappa shape index (κ1) is 11.2. The molecule has 0 aromatic heterocycles. The molecule has 0 amide bonds. The Labute approximate surface area is 76.7 Å². The average Bonchev–Trinajstić information content (AvgIpc) is 2.05. The molecule has 0 atom stereocenters. The molecule has 0 N–H and O–H groups in total. The van der Waals surface area contributed by atoms with Gasteiger partial charge in [0.2, 0.25) is 0 Å². The lowest BCUT2D eigenvalue weighted by atomic mass is 10.2. The van der Waals surface area contributed by atoms with E-state index >= 15 is 0 Å². The lowest BCUT2D eigenvalue weighted by molar-refractivity contribution is 0.959. The molecule has 0 aliphatic rings. The molecule has 0 aromatic rings. The zero-order valence-electron chi connectivity index (χ0n) is 8.51. The number of hydrogen-bond donors (Lipinski definition) is 0. The van der Waals surface area contributed by atoms with E-state index < -0.39 is 0 Å². The molecule has 0 saturated carbocycles. The molecule has 0 aromatic carbocycles. The zero-order chi connectivity index (χ0) is 9.23. The highest BCUT2D eigenvalue weighted by atomic mass is 13.8. The molecule has 68 valence electrons. The van der Waals surface area contributed by atoms with Gasteiger partial charge in [0.1, 0.15) is 0 Å². The van der Waals surface area contributed by atoms with E-state index in [-0.39, 0.29) is 0 Å². The van der Waals surface area contributed by atoms with Gasteiger partial charge in [-0.25, -0.2) is 0 Å². The van der Waals surface area contributed by atoms with Crippen LogP contribution < -0.4 is 0 Å². The largest absolute Gasteiger partial charge is 0.0845 e. The summed E-state index contributed by atoms with van der Waals surface area (Å²) in [6.07, 6.45) is 14.3.